The van der Waals surface area contributed by atoms with Gasteiger partial charge in [-0.2, -0.15) is 0 Å². The van der Waals surface area contributed by atoms with Crippen LogP contribution in [0.2, 0.25) is 0 Å². The molecule has 1 heterocycles. The number of ether oxygens (including phenoxy) is 1. The lowest BCUT2D eigenvalue weighted by atomic mass is 9.64. The number of nitrogens with zero attached hydrogens (tertiary/aromatic N) is 2. The van der Waals surface area contributed by atoms with E-state index in [9.17, 15) is 10.1 Å². The smallest absolute Gasteiger partial charge is 0.311 e. The van der Waals surface area contributed by atoms with E-state index in [2.05, 4.69) is 24.1 Å². The van der Waals surface area contributed by atoms with Gasteiger partial charge < -0.3 is 10.1 Å². The minimum atomic E-state index is -0.408. The van der Waals surface area contributed by atoms with Crippen LogP contribution in [0.1, 0.15) is 26.0 Å². The monoisotopic (exact) mass is 265 g/mol. The van der Waals surface area contributed by atoms with E-state index in [1.54, 1.807) is 13.2 Å². The zero-order valence-corrected chi connectivity index (χ0v) is 11.6. The first-order valence-corrected chi connectivity index (χ1v) is 6.27. The summed E-state index contributed by atoms with van der Waals surface area (Å²) in [6, 6.07) is 3.27. The Morgan fingerprint density at radius 1 is 1.53 bits per heavy atom. The van der Waals surface area contributed by atoms with Crippen LogP contribution in [0.25, 0.3) is 0 Å². The summed E-state index contributed by atoms with van der Waals surface area (Å²) in [6.45, 7) is 5.99. The normalized spacial score (nSPS) is 24.6. The third kappa shape index (κ3) is 2.40. The largest absolute Gasteiger partial charge is 0.381 e. The van der Waals surface area contributed by atoms with Gasteiger partial charge in [0.15, 0.2) is 0 Å². The molecule has 2 rings (SSSR count). The summed E-state index contributed by atoms with van der Waals surface area (Å²) in [4.78, 5) is 14.8. The summed E-state index contributed by atoms with van der Waals surface area (Å²) in [5.41, 5.74) is 0.712. The third-order valence-corrected chi connectivity index (χ3v) is 3.98. The van der Waals surface area contributed by atoms with Crippen LogP contribution in [0.5, 0.6) is 0 Å². The van der Waals surface area contributed by atoms with Gasteiger partial charge >= 0.3 is 5.69 Å². The van der Waals surface area contributed by atoms with Crippen molar-refractivity contribution in [1.29, 1.82) is 0 Å². The van der Waals surface area contributed by atoms with Gasteiger partial charge in [0.05, 0.1) is 11.0 Å². The van der Waals surface area contributed by atoms with Crippen LogP contribution in [-0.4, -0.2) is 29.2 Å². The minimum absolute atomic E-state index is 0.0160. The molecule has 0 amide bonds. The molecule has 0 spiro atoms. The van der Waals surface area contributed by atoms with E-state index in [0.717, 1.165) is 12.1 Å². The minimum Gasteiger partial charge on any atom is -0.381 e. The Bertz CT molecular complexity index is 502. The van der Waals surface area contributed by atoms with E-state index in [0.29, 0.717) is 5.82 Å². The van der Waals surface area contributed by atoms with Gasteiger partial charge in [0.2, 0.25) is 5.82 Å². The Morgan fingerprint density at radius 3 is 2.74 bits per heavy atom. The Balaban J connectivity index is 2.21. The standard InChI is InChI=1S/C13H19N3O3/c1-8-5-6-9(16(17)18)12(14-8)15-10-7-11(19-4)13(10,2)3/h5-6,10-11H,7H2,1-4H3,(H,14,15). The highest BCUT2D eigenvalue weighted by molar-refractivity contribution is 5.57. The zero-order chi connectivity index (χ0) is 14.2. The molecular weight excluding hydrogens is 246 g/mol. The van der Waals surface area contributed by atoms with E-state index in [1.165, 1.54) is 6.07 Å². The van der Waals surface area contributed by atoms with Gasteiger partial charge in [-0.3, -0.25) is 10.1 Å². The first-order valence-electron chi connectivity index (χ1n) is 6.27. The van der Waals surface area contributed by atoms with Gasteiger partial charge in [0.25, 0.3) is 0 Å². The molecular formula is C13H19N3O3. The van der Waals surface area contributed by atoms with Crippen LogP contribution in [0.15, 0.2) is 12.1 Å². The van der Waals surface area contributed by atoms with Crippen molar-refractivity contribution in [3.05, 3.63) is 27.9 Å². The average molecular weight is 265 g/mol. The molecule has 2 unspecified atom stereocenters. The quantitative estimate of drug-likeness (QED) is 0.668. The second kappa shape index (κ2) is 4.77. The van der Waals surface area contributed by atoms with E-state index in [1.807, 2.05) is 6.92 Å². The van der Waals surface area contributed by atoms with Gasteiger partial charge in [-0.05, 0) is 19.4 Å². The Hall–Kier alpha value is -1.69. The Kier molecular flexibility index (Phi) is 3.45. The first-order chi connectivity index (χ1) is 8.86. The molecule has 1 fully saturated rings. The number of rotatable bonds is 4. The van der Waals surface area contributed by atoms with E-state index >= 15 is 0 Å². The van der Waals surface area contributed by atoms with Crippen molar-refractivity contribution in [1.82, 2.24) is 4.98 Å². The number of nitrogens with one attached hydrogen (secondary N) is 1. The van der Waals surface area contributed by atoms with E-state index < -0.39 is 4.92 Å². The van der Waals surface area contributed by atoms with Crippen molar-refractivity contribution in [2.45, 2.75) is 39.3 Å². The lowest BCUT2D eigenvalue weighted by Crippen LogP contribution is -2.57. The van der Waals surface area contributed by atoms with Gasteiger partial charge in [-0.15, -0.1) is 0 Å². The fourth-order valence-corrected chi connectivity index (χ4v) is 2.50. The summed E-state index contributed by atoms with van der Waals surface area (Å²) >= 11 is 0. The molecule has 19 heavy (non-hydrogen) atoms. The number of hydrogen-bond donors (Lipinski definition) is 1. The van der Waals surface area contributed by atoms with Crippen LogP contribution in [0.3, 0.4) is 0 Å². The molecule has 1 aliphatic rings. The summed E-state index contributed by atoms with van der Waals surface area (Å²) in [6.07, 6.45) is 1.00. The van der Waals surface area contributed by atoms with Crippen LogP contribution < -0.4 is 5.32 Å². The molecule has 0 aliphatic heterocycles. The van der Waals surface area contributed by atoms with Crippen molar-refractivity contribution in [2.75, 3.05) is 12.4 Å². The predicted molar refractivity (Wildman–Crippen MR) is 72.2 cm³/mol. The fraction of sp³-hybridized carbons (Fsp3) is 0.615. The van der Waals surface area contributed by atoms with Crippen LogP contribution in [0, 0.1) is 22.5 Å². The number of hydrogen-bond acceptors (Lipinski definition) is 5. The van der Waals surface area contributed by atoms with Crippen LogP contribution >= 0.6 is 0 Å². The zero-order valence-electron chi connectivity index (χ0n) is 11.6. The molecule has 1 aliphatic carbocycles. The second-order valence-electron chi connectivity index (χ2n) is 5.56. The number of methoxy groups -OCH3 is 1. The summed E-state index contributed by atoms with van der Waals surface area (Å²) < 4.78 is 5.38. The molecule has 6 nitrogen and oxygen atoms in total. The van der Waals surface area contributed by atoms with E-state index in [-0.39, 0.29) is 23.2 Å². The van der Waals surface area contributed by atoms with Crippen molar-refractivity contribution in [3.63, 3.8) is 0 Å². The number of nitro groups is 1. The topological polar surface area (TPSA) is 77.3 Å². The average Bonchev–Trinajstić information content (AvgIpc) is 2.33. The predicted octanol–water partition coefficient (Wildman–Crippen LogP) is 2.52. The summed E-state index contributed by atoms with van der Waals surface area (Å²) in [7, 11) is 1.69. The van der Waals surface area contributed by atoms with Crippen molar-refractivity contribution in [3.8, 4) is 0 Å². The molecule has 1 aromatic rings. The third-order valence-electron chi connectivity index (χ3n) is 3.98. The van der Waals surface area contributed by atoms with Gasteiger partial charge in [0, 0.05) is 30.3 Å². The van der Waals surface area contributed by atoms with E-state index in [4.69, 9.17) is 4.74 Å². The lowest BCUT2D eigenvalue weighted by Gasteiger charge is -2.51. The molecule has 1 aromatic heterocycles. The lowest BCUT2D eigenvalue weighted by molar-refractivity contribution is -0.384. The molecule has 1 saturated carbocycles. The highest BCUT2D eigenvalue weighted by Gasteiger charge is 2.49. The van der Waals surface area contributed by atoms with Gasteiger partial charge in [-0.25, -0.2) is 4.98 Å². The molecule has 104 valence electrons. The molecule has 2 atom stereocenters. The van der Waals surface area contributed by atoms with Crippen molar-refractivity contribution in [2.24, 2.45) is 5.41 Å². The Morgan fingerprint density at radius 2 is 2.21 bits per heavy atom. The van der Waals surface area contributed by atoms with Crippen LogP contribution in [0.4, 0.5) is 11.5 Å². The van der Waals surface area contributed by atoms with Crippen molar-refractivity contribution >= 4 is 11.5 Å². The number of anilines is 1. The van der Waals surface area contributed by atoms with Crippen molar-refractivity contribution < 1.29 is 9.66 Å². The molecule has 1 N–H and O–H groups in total. The van der Waals surface area contributed by atoms with Gasteiger partial charge in [0.1, 0.15) is 0 Å². The highest BCUT2D eigenvalue weighted by Crippen LogP contribution is 2.44. The van der Waals surface area contributed by atoms with Gasteiger partial charge in [-0.1, -0.05) is 13.8 Å². The van der Waals surface area contributed by atoms with Crippen LogP contribution in [-0.2, 0) is 4.74 Å². The molecule has 0 aromatic carbocycles. The first kappa shape index (κ1) is 13.7. The molecule has 6 heteroatoms. The maximum absolute atomic E-state index is 11.0. The summed E-state index contributed by atoms with van der Waals surface area (Å²) in [5, 5.41) is 14.2. The molecule has 0 radical (unpaired) electrons. The highest BCUT2D eigenvalue weighted by atomic mass is 16.6. The maximum Gasteiger partial charge on any atom is 0.311 e. The molecule has 0 bridgehead atoms. The summed E-state index contributed by atoms with van der Waals surface area (Å²) in [5.74, 6) is 0.345. The maximum atomic E-state index is 11.0. The number of aromatic nitrogens is 1. The second-order valence-corrected chi connectivity index (χ2v) is 5.56. The number of aryl methyl sites for hydroxylation is 1. The fourth-order valence-electron chi connectivity index (χ4n) is 2.50. The number of pyridine rings is 1. The molecule has 0 saturated heterocycles. The SMILES string of the molecule is COC1CC(Nc2nc(C)ccc2[N+](=O)[O-])C1(C)C. The Labute approximate surface area is 112 Å².